The van der Waals surface area contributed by atoms with Gasteiger partial charge in [-0.3, -0.25) is 0 Å². The fraction of sp³-hybridized carbons (Fsp3) is 0.222. The molecule has 0 bridgehead atoms. The Labute approximate surface area is 87.4 Å². The highest BCUT2D eigenvalue weighted by Crippen LogP contribution is 2.22. The quantitative estimate of drug-likeness (QED) is 0.727. The van der Waals surface area contributed by atoms with Crippen molar-refractivity contribution in [2.45, 2.75) is 11.8 Å². The molecule has 6 heteroatoms. The lowest BCUT2D eigenvalue weighted by molar-refractivity contribution is 0.0696. The van der Waals surface area contributed by atoms with Crippen molar-refractivity contribution < 1.29 is 18.3 Å². The summed E-state index contributed by atoms with van der Waals surface area (Å²) in [7, 11) is -3.49. The van der Waals surface area contributed by atoms with Crippen LogP contribution in [-0.2, 0) is 9.84 Å². The molecule has 15 heavy (non-hydrogen) atoms. The molecule has 0 spiro atoms. The molecule has 0 saturated heterocycles. The highest BCUT2D eigenvalue weighted by atomic mass is 32.2. The number of carboxylic acid groups (broad SMARTS) is 1. The standard InChI is InChI=1S/C9H11NO4S/c1-5-3-7(10)8(15(2,13)14)4-6(5)9(11)12/h3-4H,10H2,1-2H3,(H,11,12). The van der Waals surface area contributed by atoms with Crippen LogP contribution in [0, 0.1) is 6.92 Å². The normalized spacial score (nSPS) is 11.3. The minimum absolute atomic E-state index is 0.0513. The molecule has 3 N–H and O–H groups in total. The molecule has 0 unspecified atom stereocenters. The second-order valence-corrected chi connectivity index (χ2v) is 5.27. The number of aromatic carboxylic acids is 1. The lowest BCUT2D eigenvalue weighted by atomic mass is 10.1. The Balaban J connectivity index is 3.58. The van der Waals surface area contributed by atoms with E-state index in [0.29, 0.717) is 5.56 Å². The van der Waals surface area contributed by atoms with Crippen molar-refractivity contribution >= 4 is 21.5 Å². The summed E-state index contributed by atoms with van der Waals surface area (Å²) >= 11 is 0. The van der Waals surface area contributed by atoms with Gasteiger partial charge in [0.1, 0.15) is 0 Å². The van der Waals surface area contributed by atoms with E-state index in [9.17, 15) is 13.2 Å². The molecule has 0 atom stereocenters. The summed E-state index contributed by atoms with van der Waals surface area (Å²) in [6, 6.07) is 2.43. The van der Waals surface area contributed by atoms with Gasteiger partial charge < -0.3 is 10.8 Å². The van der Waals surface area contributed by atoms with Gasteiger partial charge in [-0.25, -0.2) is 13.2 Å². The highest BCUT2D eigenvalue weighted by Gasteiger charge is 2.17. The summed E-state index contributed by atoms with van der Waals surface area (Å²) in [6.45, 7) is 1.56. The van der Waals surface area contributed by atoms with Crippen molar-refractivity contribution in [2.75, 3.05) is 12.0 Å². The molecule has 0 aliphatic heterocycles. The number of anilines is 1. The first-order chi connectivity index (χ1) is 6.73. The van der Waals surface area contributed by atoms with Gasteiger partial charge in [-0.05, 0) is 24.6 Å². The summed E-state index contributed by atoms with van der Waals surface area (Å²) in [5, 5.41) is 8.81. The van der Waals surface area contributed by atoms with Crippen LogP contribution in [0.1, 0.15) is 15.9 Å². The van der Waals surface area contributed by atoms with Gasteiger partial charge in [0.2, 0.25) is 0 Å². The van der Waals surface area contributed by atoms with Gasteiger partial charge in [0.25, 0.3) is 0 Å². The average molecular weight is 229 g/mol. The van der Waals surface area contributed by atoms with Crippen LogP contribution in [0.2, 0.25) is 0 Å². The molecule has 0 aliphatic rings. The molecule has 0 amide bonds. The zero-order chi connectivity index (χ0) is 11.8. The third kappa shape index (κ3) is 2.27. The fourth-order valence-corrected chi connectivity index (χ4v) is 2.08. The average Bonchev–Trinajstić information content (AvgIpc) is 2.00. The van der Waals surface area contributed by atoms with Crippen molar-refractivity contribution in [3.8, 4) is 0 Å². The maximum Gasteiger partial charge on any atom is 0.335 e. The Morgan fingerprint density at radius 3 is 2.33 bits per heavy atom. The number of carbonyl (C=O) groups is 1. The maximum atomic E-state index is 11.3. The molecule has 1 rings (SSSR count). The third-order valence-electron chi connectivity index (χ3n) is 1.99. The minimum Gasteiger partial charge on any atom is -0.478 e. The predicted molar refractivity (Wildman–Crippen MR) is 55.7 cm³/mol. The number of nitrogens with two attached hydrogens (primary N) is 1. The number of benzene rings is 1. The molecular formula is C9H11NO4S. The van der Waals surface area contributed by atoms with E-state index in [1.54, 1.807) is 6.92 Å². The van der Waals surface area contributed by atoms with E-state index in [1.165, 1.54) is 6.07 Å². The third-order valence-corrected chi connectivity index (χ3v) is 3.14. The van der Waals surface area contributed by atoms with E-state index in [-0.39, 0.29) is 16.1 Å². The van der Waals surface area contributed by atoms with Crippen molar-refractivity contribution in [1.82, 2.24) is 0 Å². The van der Waals surface area contributed by atoms with Gasteiger partial charge in [0.05, 0.1) is 16.1 Å². The number of nitrogen functional groups attached to an aromatic ring is 1. The zero-order valence-electron chi connectivity index (χ0n) is 8.31. The zero-order valence-corrected chi connectivity index (χ0v) is 9.13. The number of sulfone groups is 1. The summed E-state index contributed by atoms with van der Waals surface area (Å²) in [5.41, 5.74) is 5.96. The van der Waals surface area contributed by atoms with Gasteiger partial charge in [0, 0.05) is 6.26 Å². The Hall–Kier alpha value is -1.56. The molecule has 5 nitrogen and oxygen atoms in total. The Morgan fingerprint density at radius 2 is 1.93 bits per heavy atom. The number of hydrogen-bond acceptors (Lipinski definition) is 4. The first kappa shape index (κ1) is 11.5. The Bertz CT molecular complexity index is 519. The van der Waals surface area contributed by atoms with Crippen LogP contribution in [0.15, 0.2) is 17.0 Å². The molecule has 0 fully saturated rings. The van der Waals surface area contributed by atoms with E-state index in [1.807, 2.05) is 0 Å². The summed E-state index contributed by atoms with van der Waals surface area (Å²) in [5.74, 6) is -1.17. The number of hydrogen-bond donors (Lipinski definition) is 2. The fourth-order valence-electron chi connectivity index (χ4n) is 1.26. The van der Waals surface area contributed by atoms with Crippen molar-refractivity contribution in [3.63, 3.8) is 0 Å². The molecule has 0 heterocycles. The first-order valence-corrected chi connectivity index (χ1v) is 5.96. The summed E-state index contributed by atoms with van der Waals surface area (Å²) in [4.78, 5) is 10.6. The van der Waals surface area contributed by atoms with Crippen LogP contribution < -0.4 is 5.73 Å². The maximum absolute atomic E-state index is 11.3. The molecule has 1 aromatic rings. The highest BCUT2D eigenvalue weighted by molar-refractivity contribution is 7.90. The summed E-state index contributed by atoms with van der Waals surface area (Å²) < 4.78 is 22.5. The predicted octanol–water partition coefficient (Wildman–Crippen LogP) is 0.679. The van der Waals surface area contributed by atoms with Crippen molar-refractivity contribution in [1.29, 1.82) is 0 Å². The van der Waals surface area contributed by atoms with Gasteiger partial charge in [0.15, 0.2) is 9.84 Å². The number of rotatable bonds is 2. The van der Waals surface area contributed by atoms with Crippen LogP contribution in [0.3, 0.4) is 0 Å². The van der Waals surface area contributed by atoms with Crippen molar-refractivity contribution in [2.24, 2.45) is 0 Å². The summed E-state index contributed by atoms with van der Waals surface area (Å²) in [6.07, 6.45) is 0.986. The van der Waals surface area contributed by atoms with Crippen LogP contribution in [-0.4, -0.2) is 25.7 Å². The second-order valence-electron chi connectivity index (χ2n) is 3.28. The minimum atomic E-state index is -3.49. The number of aryl methyl sites for hydroxylation is 1. The SMILES string of the molecule is Cc1cc(N)c(S(C)(=O)=O)cc1C(=O)O. The molecule has 1 aromatic carbocycles. The first-order valence-electron chi connectivity index (χ1n) is 4.07. The molecule has 0 saturated carbocycles. The Morgan fingerprint density at radius 1 is 1.40 bits per heavy atom. The monoisotopic (exact) mass is 229 g/mol. The number of carboxylic acids is 1. The van der Waals surface area contributed by atoms with Crippen LogP contribution in [0.25, 0.3) is 0 Å². The lowest BCUT2D eigenvalue weighted by Gasteiger charge is -2.07. The van der Waals surface area contributed by atoms with E-state index in [0.717, 1.165) is 12.3 Å². The van der Waals surface area contributed by atoms with E-state index >= 15 is 0 Å². The van der Waals surface area contributed by atoms with Gasteiger partial charge in [-0.15, -0.1) is 0 Å². The van der Waals surface area contributed by atoms with Gasteiger partial charge in [-0.1, -0.05) is 0 Å². The van der Waals surface area contributed by atoms with Crippen LogP contribution in [0.4, 0.5) is 5.69 Å². The van der Waals surface area contributed by atoms with Crippen LogP contribution in [0.5, 0.6) is 0 Å². The van der Waals surface area contributed by atoms with Gasteiger partial charge >= 0.3 is 5.97 Å². The molecular weight excluding hydrogens is 218 g/mol. The molecule has 0 aromatic heterocycles. The smallest absolute Gasteiger partial charge is 0.335 e. The largest absolute Gasteiger partial charge is 0.478 e. The Kier molecular flexibility index (Phi) is 2.72. The molecule has 0 radical (unpaired) electrons. The van der Waals surface area contributed by atoms with E-state index in [4.69, 9.17) is 10.8 Å². The molecule has 0 aliphatic carbocycles. The topological polar surface area (TPSA) is 97.5 Å². The van der Waals surface area contributed by atoms with Crippen molar-refractivity contribution in [3.05, 3.63) is 23.3 Å². The van der Waals surface area contributed by atoms with Gasteiger partial charge in [-0.2, -0.15) is 0 Å². The van der Waals surface area contributed by atoms with Crippen LogP contribution >= 0.6 is 0 Å². The van der Waals surface area contributed by atoms with E-state index in [2.05, 4.69) is 0 Å². The van der Waals surface area contributed by atoms with E-state index < -0.39 is 15.8 Å². The molecule has 82 valence electrons. The second kappa shape index (κ2) is 3.54. The lowest BCUT2D eigenvalue weighted by Crippen LogP contribution is -2.07.